The van der Waals surface area contributed by atoms with Crippen molar-refractivity contribution in [3.8, 4) is 0 Å². The number of methoxy groups -OCH3 is 2. The molecule has 0 spiro atoms. The van der Waals surface area contributed by atoms with E-state index in [2.05, 4.69) is 9.47 Å². The molecule has 0 radical (unpaired) electrons. The lowest BCUT2D eigenvalue weighted by Crippen LogP contribution is -2.28. The van der Waals surface area contributed by atoms with E-state index in [4.69, 9.17) is 9.47 Å². The number of ether oxygens (including phenoxy) is 4. The molecule has 0 unspecified atom stereocenters. The zero-order valence-corrected chi connectivity index (χ0v) is 15.9. The minimum absolute atomic E-state index is 0.155. The molecule has 0 bridgehead atoms. The van der Waals surface area contributed by atoms with E-state index in [-0.39, 0.29) is 44.9 Å². The van der Waals surface area contributed by atoms with E-state index in [1.165, 1.54) is 12.1 Å². The lowest BCUT2D eigenvalue weighted by atomic mass is 9.76. The number of Topliss-reactive ketones (excluding diaryl/α,β-unsaturated/α-hetero) is 2. The van der Waals surface area contributed by atoms with E-state index < -0.39 is 23.9 Å². The predicted molar refractivity (Wildman–Crippen MR) is 102 cm³/mol. The van der Waals surface area contributed by atoms with Gasteiger partial charge in [-0.05, 0) is 0 Å². The maximum Gasteiger partial charge on any atom is 0.513 e. The van der Waals surface area contributed by atoms with Gasteiger partial charge in [0.25, 0.3) is 0 Å². The van der Waals surface area contributed by atoms with Crippen molar-refractivity contribution in [1.29, 1.82) is 0 Å². The first kappa shape index (κ1) is 19.1. The average molecular weight is 406 g/mol. The lowest BCUT2D eigenvalue weighted by Gasteiger charge is -2.28. The molecule has 0 amide bonds. The van der Waals surface area contributed by atoms with Crippen LogP contribution in [0.5, 0.6) is 0 Å². The van der Waals surface area contributed by atoms with E-state index in [0.717, 1.165) is 14.2 Å². The van der Waals surface area contributed by atoms with Crippen LogP contribution in [0, 0.1) is 0 Å². The summed E-state index contributed by atoms with van der Waals surface area (Å²) in [5.74, 6) is -1.42. The van der Waals surface area contributed by atoms with E-state index in [1.807, 2.05) is 0 Å². The molecular formula is C22H14O8. The Morgan fingerprint density at radius 3 is 1.27 bits per heavy atom. The molecule has 2 aromatic rings. The molecule has 2 aromatic carbocycles. The van der Waals surface area contributed by atoms with Gasteiger partial charge >= 0.3 is 12.3 Å². The number of allylic oxidation sites excluding steroid dienone is 2. The van der Waals surface area contributed by atoms with Crippen molar-refractivity contribution < 1.29 is 38.1 Å². The van der Waals surface area contributed by atoms with Gasteiger partial charge in [0.05, 0.1) is 25.4 Å². The summed E-state index contributed by atoms with van der Waals surface area (Å²) in [4.78, 5) is 50.5. The number of fused-ring (bicyclic) bond motifs is 3. The summed E-state index contributed by atoms with van der Waals surface area (Å²) in [6.07, 6.45) is -2.13. The number of carbonyl (C=O) groups excluding carboxylic acids is 4. The number of carbonyl (C=O) groups is 4. The first-order valence-electron chi connectivity index (χ1n) is 8.76. The number of rotatable bonds is 2. The summed E-state index contributed by atoms with van der Waals surface area (Å²) in [6, 6.07) is 12.6. The minimum atomic E-state index is -1.07. The van der Waals surface area contributed by atoms with Gasteiger partial charge in [0, 0.05) is 22.3 Å². The second-order valence-corrected chi connectivity index (χ2v) is 6.27. The first-order valence-corrected chi connectivity index (χ1v) is 8.76. The highest BCUT2D eigenvalue weighted by Gasteiger charge is 2.43. The van der Waals surface area contributed by atoms with Crippen LogP contribution < -0.4 is 0 Å². The third kappa shape index (κ3) is 2.86. The van der Waals surface area contributed by atoms with Crippen molar-refractivity contribution in [1.82, 2.24) is 0 Å². The number of benzene rings is 2. The molecule has 8 heteroatoms. The molecule has 150 valence electrons. The topological polar surface area (TPSA) is 105 Å². The first-order chi connectivity index (χ1) is 14.5. The second kappa shape index (κ2) is 7.32. The Bertz CT molecular complexity index is 1090. The molecule has 0 saturated carbocycles. The van der Waals surface area contributed by atoms with Gasteiger partial charge in [-0.3, -0.25) is 9.59 Å². The van der Waals surface area contributed by atoms with Crippen LogP contribution in [0.15, 0.2) is 59.7 Å². The lowest BCUT2D eigenvalue weighted by molar-refractivity contribution is 0.0957. The molecule has 0 atom stereocenters. The van der Waals surface area contributed by atoms with Crippen molar-refractivity contribution >= 4 is 35.4 Å². The monoisotopic (exact) mass is 406 g/mol. The van der Waals surface area contributed by atoms with Crippen LogP contribution in [-0.4, -0.2) is 38.1 Å². The molecule has 0 aromatic heterocycles. The van der Waals surface area contributed by atoms with Gasteiger partial charge in [-0.25, -0.2) is 9.59 Å². The Labute approximate surface area is 170 Å². The fourth-order valence-electron chi connectivity index (χ4n) is 3.42. The predicted octanol–water partition coefficient (Wildman–Crippen LogP) is 3.77. The van der Waals surface area contributed by atoms with E-state index in [1.54, 1.807) is 36.4 Å². The molecule has 0 heterocycles. The molecule has 30 heavy (non-hydrogen) atoms. The van der Waals surface area contributed by atoms with Gasteiger partial charge in [0.15, 0.2) is 23.1 Å². The number of ketones is 2. The Morgan fingerprint density at radius 1 is 0.600 bits per heavy atom. The molecule has 0 saturated heterocycles. The molecule has 0 N–H and O–H groups in total. The third-order valence-electron chi connectivity index (χ3n) is 4.70. The van der Waals surface area contributed by atoms with Crippen molar-refractivity contribution in [2.75, 3.05) is 14.2 Å². The van der Waals surface area contributed by atoms with Gasteiger partial charge < -0.3 is 18.9 Å². The molecule has 8 nitrogen and oxygen atoms in total. The van der Waals surface area contributed by atoms with Gasteiger partial charge in [-0.2, -0.15) is 0 Å². The van der Waals surface area contributed by atoms with Crippen LogP contribution in [-0.2, 0) is 18.9 Å². The third-order valence-corrected chi connectivity index (χ3v) is 4.70. The Kier molecular flexibility index (Phi) is 4.67. The maximum absolute atomic E-state index is 13.3. The fourth-order valence-corrected chi connectivity index (χ4v) is 3.42. The molecular weight excluding hydrogens is 392 g/mol. The van der Waals surface area contributed by atoms with E-state index in [0.29, 0.717) is 0 Å². The highest BCUT2D eigenvalue weighted by Crippen LogP contribution is 2.44. The molecule has 0 aliphatic heterocycles. The highest BCUT2D eigenvalue weighted by molar-refractivity contribution is 6.34. The number of hydrogen-bond donors (Lipinski definition) is 0. The quantitative estimate of drug-likeness (QED) is 0.694. The van der Waals surface area contributed by atoms with Crippen LogP contribution in [0.25, 0.3) is 11.5 Å². The average Bonchev–Trinajstić information content (AvgIpc) is 2.78. The molecule has 2 aliphatic rings. The van der Waals surface area contributed by atoms with Crippen molar-refractivity contribution in [2.45, 2.75) is 0 Å². The molecule has 4 rings (SSSR count). The van der Waals surface area contributed by atoms with Gasteiger partial charge in [-0.15, -0.1) is 0 Å². The maximum atomic E-state index is 13.3. The van der Waals surface area contributed by atoms with Crippen LogP contribution in [0.2, 0.25) is 0 Å². The van der Waals surface area contributed by atoms with Crippen LogP contribution >= 0.6 is 0 Å². The zero-order chi connectivity index (χ0) is 21.4. The summed E-state index contributed by atoms with van der Waals surface area (Å²) in [5, 5.41) is 0. The Hall–Kier alpha value is -4.20. The zero-order valence-electron chi connectivity index (χ0n) is 15.9. The van der Waals surface area contributed by atoms with Gasteiger partial charge in [0.1, 0.15) is 0 Å². The van der Waals surface area contributed by atoms with E-state index in [9.17, 15) is 19.2 Å². The summed E-state index contributed by atoms with van der Waals surface area (Å²) in [5.41, 5.74) is 0.457. The number of hydrogen-bond acceptors (Lipinski definition) is 8. The standard InChI is InChI=1S/C22H14O8/c1-27-21(25)29-19-13-9-5-3-7-11(13)18(24)16-15(19)17(23)12-8-4-6-10-14(12)20(16)30-22(26)28-2/h3-10H,1-2H3. The summed E-state index contributed by atoms with van der Waals surface area (Å²) < 4.78 is 19.7. The minimum Gasteiger partial charge on any atom is -0.437 e. The van der Waals surface area contributed by atoms with E-state index >= 15 is 0 Å². The molecule has 0 fully saturated rings. The fraction of sp³-hybridized carbons (Fsp3) is 0.0909. The van der Waals surface area contributed by atoms with Crippen molar-refractivity contribution in [3.63, 3.8) is 0 Å². The summed E-state index contributed by atoms with van der Waals surface area (Å²) >= 11 is 0. The van der Waals surface area contributed by atoms with Crippen LogP contribution in [0.3, 0.4) is 0 Å². The van der Waals surface area contributed by atoms with Gasteiger partial charge in [0.2, 0.25) is 0 Å². The normalized spacial score (nSPS) is 14.5. The largest absolute Gasteiger partial charge is 0.513 e. The summed E-state index contributed by atoms with van der Waals surface area (Å²) in [7, 11) is 2.24. The van der Waals surface area contributed by atoms with Crippen molar-refractivity contribution in [2.24, 2.45) is 0 Å². The summed E-state index contributed by atoms with van der Waals surface area (Å²) in [6.45, 7) is 0. The highest BCUT2D eigenvalue weighted by atomic mass is 16.7. The molecule has 2 aliphatic carbocycles. The smallest absolute Gasteiger partial charge is 0.437 e. The van der Waals surface area contributed by atoms with Crippen LogP contribution in [0.4, 0.5) is 9.59 Å². The second-order valence-electron chi connectivity index (χ2n) is 6.27. The Balaban J connectivity index is 2.10. The Morgan fingerprint density at radius 2 is 0.933 bits per heavy atom. The van der Waals surface area contributed by atoms with Crippen molar-refractivity contribution in [3.05, 3.63) is 81.9 Å². The van der Waals surface area contributed by atoms with Gasteiger partial charge in [-0.1, -0.05) is 48.5 Å². The van der Waals surface area contributed by atoms with Crippen LogP contribution in [0.1, 0.15) is 31.8 Å². The SMILES string of the molecule is COC(=O)OC1=C2C(=O)c3ccccc3C(OC(=O)OC)=C2C(=O)c2ccccc21.